The number of hydrogen-bond donors (Lipinski definition) is 0. The van der Waals surface area contributed by atoms with Crippen molar-refractivity contribution in [2.24, 2.45) is 0 Å². The van der Waals surface area contributed by atoms with Crippen molar-refractivity contribution in [3.63, 3.8) is 0 Å². The van der Waals surface area contributed by atoms with Crippen LogP contribution in [0.5, 0.6) is 5.75 Å². The van der Waals surface area contributed by atoms with Crippen LogP contribution >= 0.6 is 11.3 Å². The first-order chi connectivity index (χ1) is 8.61. The third-order valence-electron chi connectivity index (χ3n) is 2.30. The standard InChI is InChI=1S/C13H12O4S/c1-3-16-13(15)9-6-11(17-8(2)14)10-4-5-18-12(10)7-9/h4-7H,3H2,1-2H3. The average Bonchev–Trinajstić information content (AvgIpc) is 2.76. The molecule has 0 aliphatic carbocycles. The summed E-state index contributed by atoms with van der Waals surface area (Å²) in [6.45, 7) is 3.38. The van der Waals surface area contributed by atoms with Crippen molar-refractivity contribution < 1.29 is 19.1 Å². The molecule has 0 aliphatic rings. The fourth-order valence-electron chi connectivity index (χ4n) is 1.61. The van der Waals surface area contributed by atoms with E-state index in [-0.39, 0.29) is 0 Å². The van der Waals surface area contributed by atoms with E-state index in [0.29, 0.717) is 17.9 Å². The van der Waals surface area contributed by atoms with E-state index in [0.717, 1.165) is 10.1 Å². The molecular weight excluding hydrogens is 252 g/mol. The molecule has 0 radical (unpaired) electrons. The molecule has 0 spiro atoms. The van der Waals surface area contributed by atoms with Gasteiger partial charge in [0, 0.05) is 17.0 Å². The van der Waals surface area contributed by atoms with Gasteiger partial charge in [0.15, 0.2) is 0 Å². The Labute approximate surface area is 108 Å². The lowest BCUT2D eigenvalue weighted by atomic mass is 10.1. The lowest BCUT2D eigenvalue weighted by Crippen LogP contribution is -2.06. The van der Waals surface area contributed by atoms with Crippen molar-refractivity contribution >= 4 is 33.4 Å². The monoisotopic (exact) mass is 264 g/mol. The number of hydrogen-bond acceptors (Lipinski definition) is 5. The molecule has 2 rings (SSSR count). The highest BCUT2D eigenvalue weighted by Gasteiger charge is 2.13. The number of benzene rings is 1. The number of esters is 2. The number of ether oxygens (including phenoxy) is 2. The first-order valence-electron chi connectivity index (χ1n) is 5.48. The van der Waals surface area contributed by atoms with Crippen molar-refractivity contribution in [1.82, 2.24) is 0 Å². The van der Waals surface area contributed by atoms with E-state index in [4.69, 9.17) is 9.47 Å². The van der Waals surface area contributed by atoms with E-state index in [2.05, 4.69) is 0 Å². The summed E-state index contributed by atoms with van der Waals surface area (Å²) in [6, 6.07) is 5.13. The number of rotatable bonds is 3. The molecule has 1 heterocycles. The summed E-state index contributed by atoms with van der Waals surface area (Å²) in [5, 5.41) is 2.70. The molecule has 4 nitrogen and oxygen atoms in total. The summed E-state index contributed by atoms with van der Waals surface area (Å²) < 4.78 is 10.9. The van der Waals surface area contributed by atoms with Gasteiger partial charge >= 0.3 is 11.9 Å². The minimum absolute atomic E-state index is 0.310. The maximum absolute atomic E-state index is 11.7. The molecule has 0 aliphatic heterocycles. The molecule has 5 heteroatoms. The normalized spacial score (nSPS) is 10.3. The zero-order valence-corrected chi connectivity index (χ0v) is 10.9. The predicted molar refractivity (Wildman–Crippen MR) is 69.1 cm³/mol. The number of fused-ring (bicyclic) bond motifs is 1. The minimum Gasteiger partial charge on any atom is -0.462 e. The van der Waals surface area contributed by atoms with Gasteiger partial charge in [-0.3, -0.25) is 4.79 Å². The minimum atomic E-state index is -0.416. The van der Waals surface area contributed by atoms with Gasteiger partial charge in [-0.1, -0.05) is 0 Å². The van der Waals surface area contributed by atoms with Gasteiger partial charge in [-0.2, -0.15) is 0 Å². The molecule has 0 amide bonds. The third kappa shape index (κ3) is 2.51. The van der Waals surface area contributed by atoms with Gasteiger partial charge in [-0.15, -0.1) is 11.3 Å². The molecule has 0 N–H and O–H groups in total. The SMILES string of the molecule is CCOC(=O)c1cc(OC(C)=O)c2ccsc2c1. The van der Waals surface area contributed by atoms with Crippen LogP contribution in [0.1, 0.15) is 24.2 Å². The molecule has 0 atom stereocenters. The van der Waals surface area contributed by atoms with E-state index >= 15 is 0 Å². The predicted octanol–water partition coefficient (Wildman–Crippen LogP) is 3.00. The Balaban J connectivity index is 2.49. The van der Waals surface area contributed by atoms with E-state index in [1.165, 1.54) is 24.3 Å². The summed E-state index contributed by atoms with van der Waals surface area (Å²) in [5.74, 6) is -0.436. The Hall–Kier alpha value is -1.88. The number of carbonyl (C=O) groups excluding carboxylic acids is 2. The highest BCUT2D eigenvalue weighted by atomic mass is 32.1. The highest BCUT2D eigenvalue weighted by molar-refractivity contribution is 7.17. The molecule has 0 saturated carbocycles. The Morgan fingerprint density at radius 1 is 1.33 bits per heavy atom. The summed E-state index contributed by atoms with van der Waals surface area (Å²) in [6.07, 6.45) is 0. The molecule has 0 saturated heterocycles. The van der Waals surface area contributed by atoms with Crippen LogP contribution in [0.25, 0.3) is 10.1 Å². The van der Waals surface area contributed by atoms with Crippen molar-refractivity contribution in [3.8, 4) is 5.75 Å². The maximum atomic E-state index is 11.7. The Morgan fingerprint density at radius 3 is 2.78 bits per heavy atom. The van der Waals surface area contributed by atoms with Gasteiger partial charge in [-0.05, 0) is 30.5 Å². The van der Waals surface area contributed by atoms with Crippen LogP contribution in [0, 0.1) is 0 Å². The molecule has 18 heavy (non-hydrogen) atoms. The Kier molecular flexibility index (Phi) is 3.62. The second-order valence-electron chi connectivity index (χ2n) is 3.62. The van der Waals surface area contributed by atoms with Crippen molar-refractivity contribution in [2.45, 2.75) is 13.8 Å². The van der Waals surface area contributed by atoms with Crippen LogP contribution in [0.4, 0.5) is 0 Å². The maximum Gasteiger partial charge on any atom is 0.338 e. The summed E-state index contributed by atoms with van der Waals surface area (Å²) in [7, 11) is 0. The molecule has 0 fully saturated rings. The second kappa shape index (κ2) is 5.18. The zero-order valence-electron chi connectivity index (χ0n) is 10.1. The highest BCUT2D eigenvalue weighted by Crippen LogP contribution is 2.32. The van der Waals surface area contributed by atoms with Crippen LogP contribution in [-0.4, -0.2) is 18.5 Å². The zero-order chi connectivity index (χ0) is 13.1. The van der Waals surface area contributed by atoms with Crippen LogP contribution in [0.15, 0.2) is 23.6 Å². The quantitative estimate of drug-likeness (QED) is 0.631. The van der Waals surface area contributed by atoms with Crippen LogP contribution in [0.3, 0.4) is 0 Å². The van der Waals surface area contributed by atoms with E-state index in [1.807, 2.05) is 11.4 Å². The average molecular weight is 264 g/mol. The van der Waals surface area contributed by atoms with Crippen molar-refractivity contribution in [2.75, 3.05) is 6.61 Å². The molecular formula is C13H12O4S. The van der Waals surface area contributed by atoms with Gasteiger partial charge < -0.3 is 9.47 Å². The first kappa shape index (κ1) is 12.6. The number of thiophene rings is 1. The second-order valence-corrected chi connectivity index (χ2v) is 4.57. The van der Waals surface area contributed by atoms with E-state index < -0.39 is 11.9 Å². The van der Waals surface area contributed by atoms with Gasteiger partial charge in [0.1, 0.15) is 5.75 Å². The summed E-state index contributed by atoms with van der Waals surface area (Å²) >= 11 is 1.48. The van der Waals surface area contributed by atoms with E-state index in [1.54, 1.807) is 13.0 Å². The lowest BCUT2D eigenvalue weighted by Gasteiger charge is -2.06. The van der Waals surface area contributed by atoms with Crippen molar-refractivity contribution in [3.05, 3.63) is 29.1 Å². The third-order valence-corrected chi connectivity index (χ3v) is 3.16. The number of carbonyl (C=O) groups is 2. The molecule has 0 bridgehead atoms. The fourth-order valence-corrected chi connectivity index (χ4v) is 2.45. The largest absolute Gasteiger partial charge is 0.462 e. The molecule has 2 aromatic rings. The van der Waals surface area contributed by atoms with Crippen molar-refractivity contribution in [1.29, 1.82) is 0 Å². The molecule has 1 aromatic heterocycles. The van der Waals surface area contributed by atoms with Gasteiger partial charge in [0.05, 0.1) is 12.2 Å². The van der Waals surface area contributed by atoms with Crippen LogP contribution in [-0.2, 0) is 9.53 Å². The Bertz CT molecular complexity index is 600. The fraction of sp³-hybridized carbons (Fsp3) is 0.231. The van der Waals surface area contributed by atoms with Crippen LogP contribution < -0.4 is 4.74 Å². The van der Waals surface area contributed by atoms with Crippen LogP contribution in [0.2, 0.25) is 0 Å². The lowest BCUT2D eigenvalue weighted by molar-refractivity contribution is -0.131. The van der Waals surface area contributed by atoms with E-state index in [9.17, 15) is 9.59 Å². The Morgan fingerprint density at radius 2 is 2.11 bits per heavy atom. The molecule has 1 aromatic carbocycles. The topological polar surface area (TPSA) is 52.6 Å². The van der Waals surface area contributed by atoms with Gasteiger partial charge in [0.2, 0.25) is 0 Å². The molecule has 0 unspecified atom stereocenters. The van der Waals surface area contributed by atoms with Gasteiger partial charge in [0.25, 0.3) is 0 Å². The summed E-state index contributed by atoms with van der Waals surface area (Å²) in [4.78, 5) is 22.7. The summed E-state index contributed by atoms with van der Waals surface area (Å²) in [5.41, 5.74) is 0.392. The molecule has 94 valence electrons. The smallest absolute Gasteiger partial charge is 0.338 e. The van der Waals surface area contributed by atoms with Gasteiger partial charge in [-0.25, -0.2) is 4.79 Å². The first-order valence-corrected chi connectivity index (χ1v) is 6.36.